The summed E-state index contributed by atoms with van der Waals surface area (Å²) in [5.41, 5.74) is -0.624. The molecule has 1 atom stereocenters. The summed E-state index contributed by atoms with van der Waals surface area (Å²) in [6.07, 6.45) is -4.83. The summed E-state index contributed by atoms with van der Waals surface area (Å²) in [6.45, 7) is 1.26. The standard InChI is InChI=1S/C12H9F6N5OS/c1-4(25-11-22-21-10(23(11)19)12(16,17)18)9(24)20-6-3-2-5(13)7(14)8(6)15/h2-4H,19H2,1H3,(H,20,24)/t4-/m0/s1. The number of carbonyl (C=O) groups excluding carboxylic acids is 1. The van der Waals surface area contributed by atoms with Crippen LogP contribution in [0.25, 0.3) is 0 Å². The number of hydrogen-bond acceptors (Lipinski definition) is 5. The Morgan fingerprint density at radius 1 is 1.24 bits per heavy atom. The van der Waals surface area contributed by atoms with Crippen molar-refractivity contribution < 1.29 is 31.1 Å². The second kappa shape index (κ2) is 6.82. The molecule has 0 saturated carbocycles. The monoisotopic (exact) mass is 385 g/mol. The predicted octanol–water partition coefficient (Wildman–Crippen LogP) is 2.55. The van der Waals surface area contributed by atoms with E-state index < -0.39 is 51.5 Å². The molecule has 25 heavy (non-hydrogen) atoms. The van der Waals surface area contributed by atoms with Gasteiger partial charge in [-0.25, -0.2) is 17.8 Å². The summed E-state index contributed by atoms with van der Waals surface area (Å²) in [7, 11) is 0. The minimum absolute atomic E-state index is 0.159. The fraction of sp³-hybridized carbons (Fsp3) is 0.250. The normalized spacial score (nSPS) is 12.9. The maximum absolute atomic E-state index is 13.5. The molecule has 6 nitrogen and oxygen atoms in total. The van der Waals surface area contributed by atoms with E-state index in [2.05, 4.69) is 10.2 Å². The van der Waals surface area contributed by atoms with E-state index in [9.17, 15) is 31.1 Å². The molecule has 3 N–H and O–H groups in total. The number of aromatic nitrogens is 3. The summed E-state index contributed by atoms with van der Waals surface area (Å²) < 4.78 is 77.3. The predicted molar refractivity (Wildman–Crippen MR) is 75.4 cm³/mol. The number of amides is 1. The van der Waals surface area contributed by atoms with Crippen molar-refractivity contribution >= 4 is 23.4 Å². The quantitative estimate of drug-likeness (QED) is 0.366. The van der Waals surface area contributed by atoms with Crippen LogP contribution in [0.1, 0.15) is 12.7 Å². The van der Waals surface area contributed by atoms with Crippen LogP contribution in [0.15, 0.2) is 17.3 Å². The number of nitrogens with one attached hydrogen (secondary N) is 1. The highest BCUT2D eigenvalue weighted by atomic mass is 32.2. The fourth-order valence-corrected chi connectivity index (χ4v) is 2.39. The van der Waals surface area contributed by atoms with Crippen molar-refractivity contribution in [2.45, 2.75) is 23.5 Å². The Bertz CT molecular complexity index is 808. The Balaban J connectivity index is 2.12. The molecule has 13 heteroatoms. The van der Waals surface area contributed by atoms with Gasteiger partial charge in [0.15, 0.2) is 17.5 Å². The highest BCUT2D eigenvalue weighted by Crippen LogP contribution is 2.30. The number of nitrogen functional groups attached to an aromatic ring is 1. The first-order chi connectivity index (χ1) is 11.5. The lowest BCUT2D eigenvalue weighted by Gasteiger charge is -2.12. The van der Waals surface area contributed by atoms with Gasteiger partial charge in [-0.05, 0) is 19.1 Å². The molecule has 0 radical (unpaired) electrons. The molecule has 0 fully saturated rings. The minimum atomic E-state index is -4.83. The Labute approximate surface area is 140 Å². The van der Waals surface area contributed by atoms with Gasteiger partial charge in [-0.1, -0.05) is 11.8 Å². The lowest BCUT2D eigenvalue weighted by molar-refractivity contribution is -0.146. The Morgan fingerprint density at radius 3 is 2.44 bits per heavy atom. The number of rotatable bonds is 4. The third-order valence-corrected chi connectivity index (χ3v) is 3.92. The Hall–Kier alpha value is -2.44. The maximum Gasteiger partial charge on any atom is 0.453 e. The van der Waals surface area contributed by atoms with E-state index in [4.69, 9.17) is 5.84 Å². The minimum Gasteiger partial charge on any atom is -0.335 e. The van der Waals surface area contributed by atoms with Crippen LogP contribution in [0.2, 0.25) is 0 Å². The summed E-state index contributed by atoms with van der Waals surface area (Å²) >= 11 is 0.510. The number of nitrogens with two attached hydrogens (primary N) is 1. The zero-order valence-electron chi connectivity index (χ0n) is 12.2. The maximum atomic E-state index is 13.5. The van der Waals surface area contributed by atoms with Crippen LogP contribution in [0.5, 0.6) is 0 Å². The summed E-state index contributed by atoms with van der Waals surface area (Å²) in [6, 6.07) is 1.41. The number of thioether (sulfide) groups is 1. The van der Waals surface area contributed by atoms with Gasteiger partial charge in [-0.3, -0.25) is 4.79 Å². The first-order valence-electron chi connectivity index (χ1n) is 6.41. The molecule has 0 unspecified atom stereocenters. The molecule has 136 valence electrons. The van der Waals surface area contributed by atoms with Gasteiger partial charge in [0, 0.05) is 0 Å². The van der Waals surface area contributed by atoms with E-state index in [1.165, 1.54) is 6.92 Å². The van der Waals surface area contributed by atoms with Crippen LogP contribution < -0.4 is 11.2 Å². The van der Waals surface area contributed by atoms with Crippen molar-refractivity contribution in [3.05, 3.63) is 35.4 Å². The van der Waals surface area contributed by atoms with Gasteiger partial charge in [-0.15, -0.1) is 10.2 Å². The molecule has 1 amide bonds. The number of alkyl halides is 3. The highest BCUT2D eigenvalue weighted by Gasteiger charge is 2.38. The average Bonchev–Trinajstić information content (AvgIpc) is 2.88. The largest absolute Gasteiger partial charge is 0.453 e. The van der Waals surface area contributed by atoms with E-state index >= 15 is 0 Å². The molecule has 1 aromatic carbocycles. The zero-order valence-corrected chi connectivity index (χ0v) is 13.1. The van der Waals surface area contributed by atoms with Crippen LogP contribution in [-0.4, -0.2) is 26.0 Å². The van der Waals surface area contributed by atoms with Crippen LogP contribution in [0, 0.1) is 17.5 Å². The van der Waals surface area contributed by atoms with Gasteiger partial charge in [0.05, 0.1) is 10.9 Å². The molecule has 2 aromatic rings. The number of nitrogens with zero attached hydrogens (tertiary/aromatic N) is 3. The smallest absolute Gasteiger partial charge is 0.335 e. The van der Waals surface area contributed by atoms with Crippen LogP contribution >= 0.6 is 11.8 Å². The second-order valence-corrected chi connectivity index (χ2v) is 5.95. The lowest BCUT2D eigenvalue weighted by atomic mass is 10.2. The first-order valence-corrected chi connectivity index (χ1v) is 7.29. The number of anilines is 1. The molecule has 1 aromatic heterocycles. The second-order valence-electron chi connectivity index (χ2n) is 4.65. The third kappa shape index (κ3) is 3.97. The molecule has 0 aliphatic carbocycles. The Kier molecular flexibility index (Phi) is 5.15. The third-order valence-electron chi connectivity index (χ3n) is 2.86. The van der Waals surface area contributed by atoms with Crippen LogP contribution in [0.4, 0.5) is 32.0 Å². The number of benzene rings is 1. The van der Waals surface area contributed by atoms with Crippen molar-refractivity contribution in [1.82, 2.24) is 14.9 Å². The van der Waals surface area contributed by atoms with Gasteiger partial charge in [0.1, 0.15) is 0 Å². The van der Waals surface area contributed by atoms with E-state index in [1.54, 1.807) is 0 Å². The van der Waals surface area contributed by atoms with E-state index in [1.807, 2.05) is 5.32 Å². The van der Waals surface area contributed by atoms with E-state index in [-0.39, 0.29) is 4.68 Å². The van der Waals surface area contributed by atoms with Crippen molar-refractivity contribution in [1.29, 1.82) is 0 Å². The highest BCUT2D eigenvalue weighted by molar-refractivity contribution is 8.00. The number of carbonyl (C=O) groups is 1. The van der Waals surface area contributed by atoms with Gasteiger partial charge in [-0.2, -0.15) is 13.2 Å². The van der Waals surface area contributed by atoms with Crippen molar-refractivity contribution in [3.63, 3.8) is 0 Å². The molecule has 0 aliphatic heterocycles. The number of halogens is 6. The van der Waals surface area contributed by atoms with Gasteiger partial charge in [0.2, 0.25) is 11.1 Å². The van der Waals surface area contributed by atoms with Gasteiger partial charge < -0.3 is 11.2 Å². The average molecular weight is 385 g/mol. The first kappa shape index (κ1) is 18.9. The van der Waals surface area contributed by atoms with Crippen LogP contribution in [0.3, 0.4) is 0 Å². The van der Waals surface area contributed by atoms with E-state index in [0.29, 0.717) is 17.8 Å². The summed E-state index contributed by atoms with van der Waals surface area (Å²) in [5.74, 6) is -1.95. The molecular weight excluding hydrogens is 376 g/mol. The topological polar surface area (TPSA) is 85.8 Å². The van der Waals surface area contributed by atoms with Crippen molar-refractivity contribution in [3.8, 4) is 0 Å². The summed E-state index contributed by atoms with van der Waals surface area (Å²) in [4.78, 5) is 11.9. The van der Waals surface area contributed by atoms with Gasteiger partial charge in [0.25, 0.3) is 5.82 Å². The van der Waals surface area contributed by atoms with Crippen molar-refractivity contribution in [2.24, 2.45) is 0 Å². The zero-order chi connectivity index (χ0) is 18.9. The SMILES string of the molecule is C[C@H](Sc1nnc(C(F)(F)F)n1N)C(=O)Nc1ccc(F)c(F)c1F. The molecule has 0 saturated heterocycles. The molecule has 0 spiro atoms. The fourth-order valence-electron chi connectivity index (χ4n) is 1.62. The molecule has 0 bridgehead atoms. The molecule has 0 aliphatic rings. The lowest BCUT2D eigenvalue weighted by Crippen LogP contribution is -2.25. The van der Waals surface area contributed by atoms with Crippen LogP contribution in [-0.2, 0) is 11.0 Å². The van der Waals surface area contributed by atoms with E-state index in [0.717, 1.165) is 6.07 Å². The summed E-state index contributed by atoms with van der Waals surface area (Å²) in [5, 5.41) is 6.58. The van der Waals surface area contributed by atoms with Gasteiger partial charge >= 0.3 is 6.18 Å². The Morgan fingerprint density at radius 2 is 1.88 bits per heavy atom. The molecular formula is C12H9F6N5OS. The van der Waals surface area contributed by atoms with Crippen molar-refractivity contribution in [2.75, 3.05) is 11.2 Å². The number of hydrogen-bond donors (Lipinski definition) is 2. The molecule has 1 heterocycles. The molecule has 2 rings (SSSR count).